The van der Waals surface area contributed by atoms with E-state index >= 15 is 0 Å². The summed E-state index contributed by atoms with van der Waals surface area (Å²) in [5, 5.41) is 0. The Labute approximate surface area is 166 Å². The summed E-state index contributed by atoms with van der Waals surface area (Å²) in [5.74, 6) is -0.115. The van der Waals surface area contributed by atoms with E-state index in [4.69, 9.17) is 9.47 Å². The summed E-state index contributed by atoms with van der Waals surface area (Å²) in [6.07, 6.45) is 2.18. The van der Waals surface area contributed by atoms with E-state index in [2.05, 4.69) is 0 Å². The molecule has 1 aliphatic heterocycles. The van der Waals surface area contributed by atoms with Gasteiger partial charge in [-0.2, -0.15) is 0 Å². The third-order valence-electron chi connectivity index (χ3n) is 4.98. The zero-order chi connectivity index (χ0) is 19.8. The fourth-order valence-corrected chi connectivity index (χ4v) is 3.43. The maximum absolute atomic E-state index is 12.3. The van der Waals surface area contributed by atoms with Crippen LogP contribution in [0.5, 0.6) is 0 Å². The van der Waals surface area contributed by atoms with Crippen molar-refractivity contribution in [2.75, 3.05) is 19.8 Å². The van der Waals surface area contributed by atoms with Gasteiger partial charge in [-0.05, 0) is 43.0 Å². The fourth-order valence-electron chi connectivity index (χ4n) is 3.43. The summed E-state index contributed by atoms with van der Waals surface area (Å²) in [4.78, 5) is 25.9. The summed E-state index contributed by atoms with van der Waals surface area (Å²) in [6.45, 7) is 3.94. The Hall–Kier alpha value is -2.66. The van der Waals surface area contributed by atoms with Crippen molar-refractivity contribution >= 4 is 11.9 Å². The van der Waals surface area contributed by atoms with Crippen molar-refractivity contribution in [3.63, 3.8) is 0 Å². The summed E-state index contributed by atoms with van der Waals surface area (Å²) in [7, 11) is 0. The highest BCUT2D eigenvalue weighted by atomic mass is 16.5. The number of rotatable bonds is 9. The number of carbonyl (C=O) groups excluding carboxylic acids is 2. The molecule has 0 bridgehead atoms. The number of esters is 1. The first kappa shape index (κ1) is 20.1. The molecule has 28 heavy (non-hydrogen) atoms. The Morgan fingerprint density at radius 1 is 1.07 bits per heavy atom. The van der Waals surface area contributed by atoms with E-state index in [0.717, 1.165) is 24.0 Å². The molecule has 2 aromatic carbocycles. The summed E-state index contributed by atoms with van der Waals surface area (Å²) in [5.41, 5.74) is 2.78. The van der Waals surface area contributed by atoms with Gasteiger partial charge in [0, 0.05) is 13.0 Å². The number of carbonyl (C=O) groups is 2. The van der Waals surface area contributed by atoms with Gasteiger partial charge >= 0.3 is 5.97 Å². The van der Waals surface area contributed by atoms with Gasteiger partial charge in [-0.1, -0.05) is 42.5 Å². The van der Waals surface area contributed by atoms with Crippen LogP contribution < -0.4 is 0 Å². The van der Waals surface area contributed by atoms with Crippen LogP contribution in [0.2, 0.25) is 0 Å². The maximum atomic E-state index is 12.3. The van der Waals surface area contributed by atoms with Gasteiger partial charge in [-0.15, -0.1) is 0 Å². The van der Waals surface area contributed by atoms with Crippen molar-refractivity contribution in [1.82, 2.24) is 4.90 Å². The molecule has 1 saturated heterocycles. The summed E-state index contributed by atoms with van der Waals surface area (Å²) in [6, 6.07) is 17.6. The van der Waals surface area contributed by atoms with Crippen LogP contribution in [0.4, 0.5) is 0 Å². The Balaban J connectivity index is 1.49. The van der Waals surface area contributed by atoms with Crippen LogP contribution in [0.25, 0.3) is 0 Å². The van der Waals surface area contributed by atoms with E-state index in [1.807, 2.05) is 47.4 Å². The Bertz CT molecular complexity index is 773. The van der Waals surface area contributed by atoms with Crippen molar-refractivity contribution in [3.8, 4) is 0 Å². The van der Waals surface area contributed by atoms with Crippen molar-refractivity contribution < 1.29 is 19.1 Å². The predicted molar refractivity (Wildman–Crippen MR) is 107 cm³/mol. The Morgan fingerprint density at radius 2 is 1.82 bits per heavy atom. The van der Waals surface area contributed by atoms with Crippen LogP contribution >= 0.6 is 0 Å². The van der Waals surface area contributed by atoms with Crippen molar-refractivity contribution in [3.05, 3.63) is 71.3 Å². The van der Waals surface area contributed by atoms with Crippen LogP contribution in [0, 0.1) is 0 Å². The smallest absolute Gasteiger partial charge is 0.338 e. The first-order valence-corrected chi connectivity index (χ1v) is 9.84. The molecule has 2 aromatic rings. The lowest BCUT2D eigenvalue weighted by molar-refractivity contribution is -0.129. The summed E-state index contributed by atoms with van der Waals surface area (Å²) < 4.78 is 10.9. The van der Waals surface area contributed by atoms with Crippen LogP contribution in [0.3, 0.4) is 0 Å². The van der Waals surface area contributed by atoms with Crippen LogP contribution in [0.1, 0.15) is 41.3 Å². The van der Waals surface area contributed by atoms with Crippen molar-refractivity contribution in [1.29, 1.82) is 0 Å². The molecular weight excluding hydrogens is 354 g/mol. The van der Waals surface area contributed by atoms with Crippen LogP contribution in [-0.2, 0) is 27.3 Å². The highest BCUT2D eigenvalue weighted by molar-refractivity contribution is 5.89. The van der Waals surface area contributed by atoms with Gasteiger partial charge in [-0.25, -0.2) is 4.79 Å². The first-order chi connectivity index (χ1) is 13.7. The molecule has 3 rings (SSSR count). The molecule has 5 heteroatoms. The lowest BCUT2D eigenvalue weighted by Gasteiger charge is -2.25. The number of likely N-dealkylation sites (tertiary alicyclic amines) is 1. The van der Waals surface area contributed by atoms with Crippen LogP contribution in [0.15, 0.2) is 54.6 Å². The molecule has 1 atom stereocenters. The average Bonchev–Trinajstić information content (AvgIpc) is 3.07. The SMILES string of the molecule is CCOC(=O)c1ccc(CCN2C(=O)CCC2COCc2ccccc2)cc1. The van der Waals surface area contributed by atoms with Gasteiger partial charge in [0.1, 0.15) is 0 Å². The van der Waals surface area contributed by atoms with Gasteiger partial charge in [-0.3, -0.25) is 4.79 Å². The third kappa shape index (κ3) is 5.42. The zero-order valence-electron chi connectivity index (χ0n) is 16.3. The molecule has 0 aliphatic carbocycles. The average molecular weight is 381 g/mol. The molecule has 5 nitrogen and oxygen atoms in total. The molecule has 1 unspecified atom stereocenters. The van der Waals surface area contributed by atoms with E-state index in [1.165, 1.54) is 0 Å². The molecule has 148 valence electrons. The normalized spacial score (nSPS) is 16.4. The number of ether oxygens (including phenoxy) is 2. The molecular formula is C23H27NO4. The van der Waals surface area contributed by atoms with E-state index in [-0.39, 0.29) is 17.9 Å². The standard InChI is InChI=1S/C23H27NO4/c1-2-28-23(26)20-10-8-18(9-11-20)14-15-24-21(12-13-22(24)25)17-27-16-19-6-4-3-5-7-19/h3-11,21H,2,12-17H2,1H3. The van der Waals surface area contributed by atoms with Gasteiger partial charge in [0.2, 0.25) is 5.91 Å². The zero-order valence-corrected chi connectivity index (χ0v) is 16.3. The second-order valence-corrected chi connectivity index (χ2v) is 6.95. The number of benzene rings is 2. The highest BCUT2D eigenvalue weighted by Gasteiger charge is 2.30. The Morgan fingerprint density at radius 3 is 2.54 bits per heavy atom. The van der Waals surface area contributed by atoms with Gasteiger partial charge in [0.25, 0.3) is 0 Å². The van der Waals surface area contributed by atoms with Gasteiger partial charge in [0.15, 0.2) is 0 Å². The third-order valence-corrected chi connectivity index (χ3v) is 4.98. The lowest BCUT2D eigenvalue weighted by Crippen LogP contribution is -2.37. The molecule has 0 radical (unpaired) electrons. The van der Waals surface area contributed by atoms with E-state index in [9.17, 15) is 9.59 Å². The molecule has 0 aromatic heterocycles. The van der Waals surface area contributed by atoms with Crippen molar-refractivity contribution in [2.24, 2.45) is 0 Å². The molecule has 0 spiro atoms. The quantitative estimate of drug-likeness (QED) is 0.623. The molecule has 1 aliphatic rings. The fraction of sp³-hybridized carbons (Fsp3) is 0.391. The minimum Gasteiger partial charge on any atom is -0.462 e. The second kappa shape index (κ2) is 10.0. The molecule has 0 saturated carbocycles. The molecule has 1 fully saturated rings. The minimum atomic E-state index is -0.306. The highest BCUT2D eigenvalue weighted by Crippen LogP contribution is 2.20. The first-order valence-electron chi connectivity index (χ1n) is 9.84. The molecule has 0 N–H and O–H groups in total. The number of amides is 1. The summed E-state index contributed by atoms with van der Waals surface area (Å²) >= 11 is 0. The molecule has 1 heterocycles. The topological polar surface area (TPSA) is 55.8 Å². The molecule has 1 amide bonds. The Kier molecular flexibility index (Phi) is 7.20. The van der Waals surface area contributed by atoms with Crippen molar-refractivity contribution in [2.45, 2.75) is 38.8 Å². The minimum absolute atomic E-state index is 0.134. The maximum Gasteiger partial charge on any atom is 0.338 e. The lowest BCUT2D eigenvalue weighted by atomic mass is 10.1. The van der Waals surface area contributed by atoms with Gasteiger partial charge < -0.3 is 14.4 Å². The largest absolute Gasteiger partial charge is 0.462 e. The van der Waals surface area contributed by atoms with E-state index in [0.29, 0.717) is 38.3 Å². The number of hydrogen-bond donors (Lipinski definition) is 0. The number of hydrogen-bond acceptors (Lipinski definition) is 4. The van der Waals surface area contributed by atoms with Gasteiger partial charge in [0.05, 0.1) is 31.4 Å². The monoisotopic (exact) mass is 381 g/mol. The predicted octanol–water partition coefficient (Wildman–Crippen LogP) is 3.61. The van der Waals surface area contributed by atoms with E-state index in [1.54, 1.807) is 19.1 Å². The number of nitrogens with zero attached hydrogens (tertiary/aromatic N) is 1. The van der Waals surface area contributed by atoms with Crippen LogP contribution in [-0.4, -0.2) is 42.6 Å². The van der Waals surface area contributed by atoms with E-state index < -0.39 is 0 Å². The second-order valence-electron chi connectivity index (χ2n) is 6.95.